The van der Waals surface area contributed by atoms with Crippen molar-refractivity contribution in [3.8, 4) is 0 Å². The topological polar surface area (TPSA) is 69.6 Å². The zero-order valence-electron chi connectivity index (χ0n) is 19.9. The number of β-amino-alcohol motifs (C(OH)–C–C–N with tert-alkyl or cyclic N) is 1. The maximum Gasteiger partial charge on any atom is 0.254 e. The van der Waals surface area contributed by atoms with Gasteiger partial charge in [0, 0.05) is 49.9 Å². The van der Waals surface area contributed by atoms with Crippen LogP contribution in [-0.4, -0.2) is 63.3 Å². The summed E-state index contributed by atoms with van der Waals surface area (Å²) in [5.74, 6) is 0.00654. The first kappa shape index (κ1) is 22.7. The Labute approximate surface area is 201 Å². The van der Waals surface area contributed by atoms with Gasteiger partial charge in [-0.2, -0.15) is 10.2 Å². The molecule has 3 heterocycles. The van der Waals surface area contributed by atoms with Crippen LogP contribution in [0.4, 0.5) is 0 Å². The number of hydrogen-bond acceptors (Lipinski definition) is 5. The number of rotatable bonds is 6. The van der Waals surface area contributed by atoms with Gasteiger partial charge in [0.2, 0.25) is 0 Å². The number of aliphatic hydroxyl groups is 1. The average molecular weight is 457 g/mol. The van der Waals surface area contributed by atoms with E-state index in [4.69, 9.17) is 0 Å². The minimum Gasteiger partial charge on any atom is -0.390 e. The van der Waals surface area contributed by atoms with Crippen molar-refractivity contribution in [3.63, 3.8) is 0 Å². The molecule has 0 radical (unpaired) electrons. The van der Waals surface area contributed by atoms with Crippen LogP contribution in [0.25, 0.3) is 0 Å². The van der Waals surface area contributed by atoms with Crippen LogP contribution in [0.2, 0.25) is 0 Å². The Hall–Kier alpha value is -3.09. The number of amides is 1. The van der Waals surface area contributed by atoms with E-state index in [1.54, 1.807) is 12.4 Å². The van der Waals surface area contributed by atoms with Gasteiger partial charge in [0.05, 0.1) is 12.3 Å². The van der Waals surface area contributed by atoms with Crippen LogP contribution in [-0.2, 0) is 24.8 Å². The van der Waals surface area contributed by atoms with Gasteiger partial charge in [0.25, 0.3) is 5.91 Å². The molecule has 2 aliphatic heterocycles. The summed E-state index contributed by atoms with van der Waals surface area (Å²) in [4.78, 5) is 17.6. The van der Waals surface area contributed by atoms with Gasteiger partial charge in [-0.05, 0) is 52.8 Å². The second-order valence-corrected chi connectivity index (χ2v) is 10.3. The van der Waals surface area contributed by atoms with Gasteiger partial charge in [0.1, 0.15) is 0 Å². The lowest BCUT2D eigenvalue weighted by atomic mass is 9.77. The van der Waals surface area contributed by atoms with Crippen LogP contribution in [0.15, 0.2) is 60.9 Å². The third kappa shape index (κ3) is 4.74. The molecule has 0 fully saturated rings. The monoisotopic (exact) mass is 456 g/mol. The van der Waals surface area contributed by atoms with E-state index in [2.05, 4.69) is 65.3 Å². The molecule has 0 bridgehead atoms. The standard InChI is InChI=1S/C28H32N4O2/c1-28(2)19-32(18-24(33)17-31-12-10-22-5-3-4-6-23(22)16-31)27(34)25-14-20(7-8-26(25)28)13-21-9-11-29-30-15-21/h3-9,11,14-15,24,33H,10,12-13,16-19H2,1-2H3. The Balaban J connectivity index is 1.29. The van der Waals surface area contributed by atoms with Crippen LogP contribution in [0.1, 0.15) is 52.0 Å². The summed E-state index contributed by atoms with van der Waals surface area (Å²) in [6.45, 7) is 7.65. The molecule has 1 unspecified atom stereocenters. The van der Waals surface area contributed by atoms with E-state index in [0.717, 1.165) is 41.8 Å². The molecule has 1 atom stereocenters. The molecule has 6 nitrogen and oxygen atoms in total. The van der Waals surface area contributed by atoms with Crippen LogP contribution < -0.4 is 0 Å². The van der Waals surface area contributed by atoms with E-state index in [9.17, 15) is 9.90 Å². The highest BCUT2D eigenvalue weighted by Gasteiger charge is 2.37. The summed E-state index contributed by atoms with van der Waals surface area (Å²) in [7, 11) is 0. The molecule has 176 valence electrons. The van der Waals surface area contributed by atoms with Gasteiger partial charge in [-0.1, -0.05) is 50.2 Å². The minimum atomic E-state index is -0.586. The van der Waals surface area contributed by atoms with Crippen molar-refractivity contribution in [2.75, 3.05) is 26.2 Å². The molecule has 5 rings (SSSR count). The molecular formula is C28H32N4O2. The van der Waals surface area contributed by atoms with Gasteiger partial charge in [-0.25, -0.2) is 0 Å². The van der Waals surface area contributed by atoms with Crippen molar-refractivity contribution in [2.45, 2.75) is 44.8 Å². The minimum absolute atomic E-state index is 0.00654. The highest BCUT2D eigenvalue weighted by Crippen LogP contribution is 2.34. The van der Waals surface area contributed by atoms with Crippen molar-refractivity contribution < 1.29 is 9.90 Å². The number of nitrogens with zero attached hydrogens (tertiary/aromatic N) is 4. The Morgan fingerprint density at radius 1 is 1.03 bits per heavy atom. The third-order valence-corrected chi connectivity index (χ3v) is 7.08. The lowest BCUT2D eigenvalue weighted by Crippen LogP contribution is -2.51. The normalized spacial score (nSPS) is 18.3. The van der Waals surface area contributed by atoms with E-state index in [-0.39, 0.29) is 11.3 Å². The fourth-order valence-electron chi connectivity index (χ4n) is 5.40. The Bertz CT molecular complexity index is 1180. The molecule has 34 heavy (non-hydrogen) atoms. The van der Waals surface area contributed by atoms with E-state index < -0.39 is 6.10 Å². The summed E-state index contributed by atoms with van der Waals surface area (Å²) in [5.41, 5.74) is 6.52. The van der Waals surface area contributed by atoms with Crippen LogP contribution in [0, 0.1) is 0 Å². The molecular weight excluding hydrogens is 424 g/mol. The number of aliphatic hydroxyl groups excluding tert-OH is 1. The summed E-state index contributed by atoms with van der Waals surface area (Å²) < 4.78 is 0. The smallest absolute Gasteiger partial charge is 0.254 e. The van der Waals surface area contributed by atoms with Gasteiger partial charge in [0.15, 0.2) is 0 Å². The average Bonchev–Trinajstić information content (AvgIpc) is 2.83. The molecule has 1 N–H and O–H groups in total. The summed E-state index contributed by atoms with van der Waals surface area (Å²) in [6, 6.07) is 16.7. The molecule has 1 amide bonds. The first-order valence-corrected chi connectivity index (χ1v) is 12.0. The van der Waals surface area contributed by atoms with Gasteiger partial charge in [-0.3, -0.25) is 9.69 Å². The molecule has 0 saturated carbocycles. The lowest BCUT2D eigenvalue weighted by molar-refractivity contribution is 0.0430. The van der Waals surface area contributed by atoms with E-state index in [1.165, 1.54) is 11.1 Å². The fourth-order valence-corrected chi connectivity index (χ4v) is 5.40. The maximum absolute atomic E-state index is 13.5. The Morgan fingerprint density at radius 3 is 2.65 bits per heavy atom. The fraction of sp³-hybridized carbons (Fsp3) is 0.393. The molecule has 0 spiro atoms. The van der Waals surface area contributed by atoms with E-state index in [1.807, 2.05) is 17.0 Å². The van der Waals surface area contributed by atoms with Crippen LogP contribution >= 0.6 is 0 Å². The summed E-state index contributed by atoms with van der Waals surface area (Å²) in [5, 5.41) is 18.7. The van der Waals surface area contributed by atoms with E-state index in [0.29, 0.717) is 26.1 Å². The lowest BCUT2D eigenvalue weighted by Gasteiger charge is -2.41. The molecule has 0 aliphatic carbocycles. The predicted octanol–water partition coefficient (Wildman–Crippen LogP) is 3.22. The number of benzene rings is 2. The Kier molecular flexibility index (Phi) is 6.19. The largest absolute Gasteiger partial charge is 0.390 e. The number of hydrogen-bond donors (Lipinski definition) is 1. The predicted molar refractivity (Wildman–Crippen MR) is 132 cm³/mol. The number of carbonyl (C=O) groups is 1. The van der Waals surface area contributed by atoms with Crippen LogP contribution in [0.5, 0.6) is 0 Å². The number of aromatic nitrogens is 2. The molecule has 0 saturated heterocycles. The quantitative estimate of drug-likeness (QED) is 0.617. The molecule has 2 aliphatic rings. The zero-order chi connectivity index (χ0) is 23.7. The van der Waals surface area contributed by atoms with Crippen molar-refractivity contribution >= 4 is 5.91 Å². The third-order valence-electron chi connectivity index (χ3n) is 7.08. The Morgan fingerprint density at radius 2 is 1.85 bits per heavy atom. The second-order valence-electron chi connectivity index (χ2n) is 10.3. The molecule has 1 aromatic heterocycles. The van der Waals surface area contributed by atoms with Crippen LogP contribution in [0.3, 0.4) is 0 Å². The van der Waals surface area contributed by atoms with Crippen molar-refractivity contribution in [1.29, 1.82) is 0 Å². The number of carbonyl (C=O) groups excluding carboxylic acids is 1. The van der Waals surface area contributed by atoms with Gasteiger partial charge >= 0.3 is 0 Å². The number of fused-ring (bicyclic) bond motifs is 2. The van der Waals surface area contributed by atoms with E-state index >= 15 is 0 Å². The first-order valence-electron chi connectivity index (χ1n) is 12.0. The highest BCUT2D eigenvalue weighted by atomic mass is 16.3. The van der Waals surface area contributed by atoms with Gasteiger partial charge in [-0.15, -0.1) is 0 Å². The maximum atomic E-state index is 13.5. The first-order chi connectivity index (χ1) is 16.4. The molecule has 3 aromatic rings. The van der Waals surface area contributed by atoms with Crippen molar-refractivity contribution in [3.05, 3.63) is 94.3 Å². The van der Waals surface area contributed by atoms with Crippen molar-refractivity contribution in [1.82, 2.24) is 20.0 Å². The SMILES string of the molecule is CC1(C)CN(CC(O)CN2CCc3ccccc3C2)C(=O)c2cc(Cc3ccnnc3)ccc21. The highest BCUT2D eigenvalue weighted by molar-refractivity contribution is 5.97. The summed E-state index contributed by atoms with van der Waals surface area (Å²) in [6.07, 6.45) is 4.56. The van der Waals surface area contributed by atoms with Gasteiger partial charge < -0.3 is 10.0 Å². The summed E-state index contributed by atoms with van der Waals surface area (Å²) >= 11 is 0. The zero-order valence-corrected chi connectivity index (χ0v) is 19.9. The molecule has 2 aromatic carbocycles. The molecule has 6 heteroatoms. The van der Waals surface area contributed by atoms with Crippen molar-refractivity contribution in [2.24, 2.45) is 0 Å². The second kappa shape index (κ2) is 9.28.